The third-order valence-electron chi connectivity index (χ3n) is 6.37. The Morgan fingerprint density at radius 2 is 2.00 bits per heavy atom. The molecule has 3 atom stereocenters. The number of carbonyl (C=O) groups excluding carboxylic acids is 2. The van der Waals surface area contributed by atoms with E-state index < -0.39 is 35.3 Å². The number of hydrogen-bond donors (Lipinski definition) is 2. The number of carboxylic acids is 1. The summed E-state index contributed by atoms with van der Waals surface area (Å²) < 4.78 is 5.58. The number of likely N-dealkylation sites (tertiary alicyclic amines) is 1. The zero-order chi connectivity index (χ0) is 25.4. The molecule has 1 fully saturated rings. The Morgan fingerprint density at radius 3 is 2.47 bits per heavy atom. The predicted molar refractivity (Wildman–Crippen MR) is 130 cm³/mol. The molecule has 0 unspecified atom stereocenters. The summed E-state index contributed by atoms with van der Waals surface area (Å²) in [4.78, 5) is 45.1. The molecule has 0 saturated carbocycles. The van der Waals surface area contributed by atoms with Crippen LogP contribution in [0.2, 0.25) is 0 Å². The second-order valence-corrected chi connectivity index (χ2v) is 11.2. The number of methoxy groups -OCH3 is 1. The van der Waals surface area contributed by atoms with E-state index in [0.29, 0.717) is 10.8 Å². The number of primary amides is 1. The summed E-state index contributed by atoms with van der Waals surface area (Å²) >= 11 is 1.27. The summed E-state index contributed by atoms with van der Waals surface area (Å²) in [6.07, 6.45) is 1.69. The number of nitrogens with zero attached hydrogens (tertiary/aromatic N) is 2. The van der Waals surface area contributed by atoms with Gasteiger partial charge in [0.15, 0.2) is 0 Å². The molecule has 184 valence electrons. The van der Waals surface area contributed by atoms with Crippen LogP contribution in [0.1, 0.15) is 74.4 Å². The number of nitrogens with two attached hydrogens (primary N) is 1. The minimum absolute atomic E-state index is 0.0484. The number of aliphatic carboxylic acids is 1. The highest BCUT2D eigenvalue weighted by Gasteiger charge is 2.61. The third kappa shape index (κ3) is 4.53. The zero-order valence-corrected chi connectivity index (χ0v) is 21.3. The summed E-state index contributed by atoms with van der Waals surface area (Å²) in [5.41, 5.74) is 5.13. The summed E-state index contributed by atoms with van der Waals surface area (Å²) in [5.74, 6) is -2.68. The summed E-state index contributed by atoms with van der Waals surface area (Å²) in [6, 6.07) is 4.29. The van der Waals surface area contributed by atoms with Gasteiger partial charge in [0, 0.05) is 17.1 Å². The van der Waals surface area contributed by atoms with Crippen molar-refractivity contribution in [2.45, 2.75) is 64.5 Å². The maximum absolute atomic E-state index is 14.1. The van der Waals surface area contributed by atoms with E-state index in [-0.39, 0.29) is 29.7 Å². The van der Waals surface area contributed by atoms with Crippen molar-refractivity contribution in [1.82, 2.24) is 9.88 Å². The highest BCUT2D eigenvalue weighted by Crippen LogP contribution is 2.51. The highest BCUT2D eigenvalue weighted by atomic mass is 32.1. The molecular weight excluding hydrogens is 454 g/mol. The van der Waals surface area contributed by atoms with Crippen LogP contribution in [-0.4, -0.2) is 45.4 Å². The number of thiazole rings is 1. The number of amides is 2. The first-order chi connectivity index (χ1) is 15.8. The van der Waals surface area contributed by atoms with E-state index in [4.69, 9.17) is 10.5 Å². The van der Waals surface area contributed by atoms with Crippen molar-refractivity contribution >= 4 is 29.1 Å². The molecule has 8 nitrogen and oxygen atoms in total. The Hall–Kier alpha value is -2.94. The van der Waals surface area contributed by atoms with Gasteiger partial charge >= 0.3 is 5.97 Å². The molecular formula is C25H33N3O5S. The Morgan fingerprint density at radius 1 is 1.32 bits per heavy atom. The van der Waals surface area contributed by atoms with Gasteiger partial charge < -0.3 is 20.5 Å². The van der Waals surface area contributed by atoms with Crippen molar-refractivity contribution in [2.24, 2.45) is 17.6 Å². The minimum atomic E-state index is -1.60. The van der Waals surface area contributed by atoms with Crippen molar-refractivity contribution in [3.63, 3.8) is 0 Å². The van der Waals surface area contributed by atoms with E-state index >= 15 is 0 Å². The second kappa shape index (κ2) is 9.37. The van der Waals surface area contributed by atoms with E-state index in [1.54, 1.807) is 23.7 Å². The Labute approximate surface area is 204 Å². The van der Waals surface area contributed by atoms with Crippen LogP contribution in [0, 0.1) is 11.8 Å². The molecule has 9 heteroatoms. The molecule has 2 heterocycles. The highest BCUT2D eigenvalue weighted by molar-refractivity contribution is 7.09. The van der Waals surface area contributed by atoms with Crippen molar-refractivity contribution in [1.29, 1.82) is 0 Å². The summed E-state index contributed by atoms with van der Waals surface area (Å²) in [5, 5.41) is 12.7. The standard InChI is InChI=1S/C25H33N3O5S/c1-14(2)12-25(23(31)32)13-16(20(26)29)19(21-27-9-10-34-21)28(25)22(30)15-7-8-17(24(3,4)5)18(11-15)33-6/h7-11,14,16,19H,12-13H2,1-6H3,(H2,26,29)(H,31,32)/t16-,19+,25-/m0/s1. The van der Waals surface area contributed by atoms with Crippen LogP contribution in [0.15, 0.2) is 29.8 Å². The van der Waals surface area contributed by atoms with Gasteiger partial charge in [-0.25, -0.2) is 9.78 Å². The Balaban J connectivity index is 2.23. The molecule has 2 amide bonds. The summed E-state index contributed by atoms with van der Waals surface area (Å²) in [7, 11) is 1.54. The van der Waals surface area contributed by atoms with E-state index in [1.165, 1.54) is 23.3 Å². The normalized spacial score (nSPS) is 22.7. The number of rotatable bonds is 7. The largest absolute Gasteiger partial charge is 0.496 e. The molecule has 0 bridgehead atoms. The number of benzene rings is 1. The van der Waals surface area contributed by atoms with Gasteiger partial charge in [-0.05, 0) is 41.9 Å². The summed E-state index contributed by atoms with van der Waals surface area (Å²) in [6.45, 7) is 9.91. The molecule has 0 aliphatic carbocycles. The lowest BCUT2D eigenvalue weighted by molar-refractivity contribution is -0.150. The van der Waals surface area contributed by atoms with Crippen LogP contribution in [0.4, 0.5) is 0 Å². The van der Waals surface area contributed by atoms with Gasteiger partial charge in [0.2, 0.25) is 5.91 Å². The number of ether oxygens (including phenoxy) is 1. The molecule has 0 spiro atoms. The lowest BCUT2D eigenvalue weighted by atomic mass is 9.83. The zero-order valence-electron chi connectivity index (χ0n) is 20.5. The number of carboxylic acid groups (broad SMARTS) is 1. The van der Waals surface area contributed by atoms with Crippen molar-refractivity contribution in [3.05, 3.63) is 45.9 Å². The fourth-order valence-electron chi connectivity index (χ4n) is 4.98. The van der Waals surface area contributed by atoms with E-state index in [1.807, 2.05) is 40.7 Å². The van der Waals surface area contributed by atoms with Crippen molar-refractivity contribution in [2.75, 3.05) is 7.11 Å². The van der Waals surface area contributed by atoms with Gasteiger partial charge in [-0.1, -0.05) is 40.7 Å². The molecule has 2 aromatic rings. The monoisotopic (exact) mass is 487 g/mol. The molecule has 1 saturated heterocycles. The van der Waals surface area contributed by atoms with Crippen LogP contribution in [0.3, 0.4) is 0 Å². The van der Waals surface area contributed by atoms with Gasteiger partial charge in [0.1, 0.15) is 16.3 Å². The third-order valence-corrected chi connectivity index (χ3v) is 7.21. The minimum Gasteiger partial charge on any atom is -0.496 e. The first-order valence-corrected chi connectivity index (χ1v) is 12.2. The van der Waals surface area contributed by atoms with Gasteiger partial charge in [0.25, 0.3) is 5.91 Å². The maximum Gasteiger partial charge on any atom is 0.329 e. The molecule has 3 N–H and O–H groups in total. The van der Waals surface area contributed by atoms with Crippen LogP contribution in [0.25, 0.3) is 0 Å². The average Bonchev–Trinajstić information content (AvgIpc) is 3.38. The topological polar surface area (TPSA) is 123 Å². The van der Waals surface area contributed by atoms with E-state index in [9.17, 15) is 19.5 Å². The van der Waals surface area contributed by atoms with Crippen LogP contribution in [-0.2, 0) is 15.0 Å². The van der Waals surface area contributed by atoms with Gasteiger partial charge in [-0.2, -0.15) is 0 Å². The number of aromatic nitrogens is 1. The molecule has 1 aliphatic heterocycles. The lowest BCUT2D eigenvalue weighted by Crippen LogP contribution is -2.54. The molecule has 1 aliphatic rings. The van der Waals surface area contributed by atoms with E-state index in [2.05, 4.69) is 4.98 Å². The lowest BCUT2D eigenvalue weighted by Gasteiger charge is -2.38. The smallest absolute Gasteiger partial charge is 0.329 e. The van der Waals surface area contributed by atoms with Crippen molar-refractivity contribution < 1.29 is 24.2 Å². The molecule has 3 rings (SSSR count). The fourth-order valence-corrected chi connectivity index (χ4v) is 5.77. The first-order valence-electron chi connectivity index (χ1n) is 11.3. The van der Waals surface area contributed by atoms with Gasteiger partial charge in [-0.3, -0.25) is 9.59 Å². The van der Waals surface area contributed by atoms with E-state index in [0.717, 1.165) is 5.56 Å². The fraction of sp³-hybridized carbons (Fsp3) is 0.520. The molecule has 1 aromatic carbocycles. The van der Waals surface area contributed by atoms with Crippen LogP contribution < -0.4 is 10.5 Å². The number of carbonyl (C=O) groups is 3. The van der Waals surface area contributed by atoms with Crippen LogP contribution in [0.5, 0.6) is 5.75 Å². The van der Waals surface area contributed by atoms with Gasteiger partial charge in [0.05, 0.1) is 19.1 Å². The maximum atomic E-state index is 14.1. The van der Waals surface area contributed by atoms with Gasteiger partial charge in [-0.15, -0.1) is 11.3 Å². The quantitative estimate of drug-likeness (QED) is 0.608. The first kappa shape index (κ1) is 25.7. The molecule has 34 heavy (non-hydrogen) atoms. The Bertz CT molecular complexity index is 1080. The SMILES string of the molecule is COc1cc(C(=O)N2[C@@H](c3nccs3)[C@@H](C(N)=O)C[C@@]2(CC(C)C)C(=O)O)ccc1C(C)(C)C. The van der Waals surface area contributed by atoms with Crippen molar-refractivity contribution in [3.8, 4) is 5.75 Å². The average molecular weight is 488 g/mol. The molecule has 0 radical (unpaired) electrons. The number of hydrogen-bond acceptors (Lipinski definition) is 6. The predicted octanol–water partition coefficient (Wildman–Crippen LogP) is 4.01. The molecule has 1 aromatic heterocycles. The second-order valence-electron chi connectivity index (χ2n) is 10.3. The Kier molecular flexibility index (Phi) is 7.07. The van der Waals surface area contributed by atoms with Crippen LogP contribution >= 0.6 is 11.3 Å².